The lowest BCUT2D eigenvalue weighted by Crippen LogP contribution is -2.30. The number of hydrogen-bond donors (Lipinski definition) is 0. The van der Waals surface area contributed by atoms with E-state index < -0.39 is 0 Å². The lowest BCUT2D eigenvalue weighted by atomic mass is 10.0. The molecule has 18 rings (SSSR count). The van der Waals surface area contributed by atoms with Gasteiger partial charge in [-0.25, -0.2) is 29.4 Å². The number of carbonyl (C=O) groups is 12. The van der Waals surface area contributed by atoms with Gasteiger partial charge in [-0.1, -0.05) is 172 Å². The van der Waals surface area contributed by atoms with E-state index in [1.807, 2.05) is 202 Å². The molecule has 0 aliphatic carbocycles. The van der Waals surface area contributed by atoms with Crippen LogP contribution in [0, 0.1) is 138 Å². The number of aryl methyl sites for hydroxylation is 22. The van der Waals surface area contributed by atoms with Crippen LogP contribution in [0.3, 0.4) is 0 Å². The third-order valence-electron chi connectivity index (χ3n) is 26.8. The number of imide groups is 6. The zero-order valence-corrected chi connectivity index (χ0v) is 87.7. The smallest absolute Gasteiger partial charge is 0.269 e. The molecule has 0 saturated heterocycles. The van der Waals surface area contributed by atoms with Crippen LogP contribution < -0.4 is 29.4 Å². The Morgan fingerprint density at radius 3 is 0.597 bits per heavy atom. The van der Waals surface area contributed by atoms with Gasteiger partial charge in [0, 0.05) is 39.0 Å². The minimum atomic E-state index is -0.303. The molecule has 24 heteroatoms. The molecule has 0 saturated carbocycles. The first-order valence-corrected chi connectivity index (χ1v) is 51.9. The molecule has 12 heterocycles. The predicted octanol–water partition coefficient (Wildman–Crippen LogP) is 29.1. The molecule has 0 bridgehead atoms. The average molecular weight is 1950 g/mol. The first-order chi connectivity index (χ1) is 66.2. The Morgan fingerprint density at radius 1 is 0.194 bits per heavy atom. The Hall–Kier alpha value is -12.5. The number of thiophene rings is 4. The molecule has 12 aromatic rings. The fraction of sp³-hybridized carbons (Fsp3) is 0.374. The molecule has 0 N–H and O–H groups in total. The van der Waals surface area contributed by atoms with Crippen molar-refractivity contribution in [2.45, 2.75) is 287 Å². The fourth-order valence-corrected chi connectivity index (χ4v) is 23.6. The second-order valence-corrected chi connectivity index (χ2v) is 43.2. The van der Waals surface area contributed by atoms with Crippen molar-refractivity contribution in [3.63, 3.8) is 0 Å². The van der Waals surface area contributed by atoms with Gasteiger partial charge in [-0.15, -0.1) is 45.3 Å². The predicted molar refractivity (Wildman–Crippen MR) is 561 cm³/mol. The number of carbonyl (C=O) groups excluding carboxylic acids is 12. The average Bonchev–Trinajstić information content (AvgIpc) is 1.60. The van der Waals surface area contributed by atoms with Gasteiger partial charge in [-0.2, -0.15) is 0 Å². The van der Waals surface area contributed by atoms with Gasteiger partial charge in [0.25, 0.3) is 70.9 Å². The third-order valence-corrected chi connectivity index (χ3v) is 30.9. The molecule has 0 unspecified atom stereocenters. The van der Waals surface area contributed by atoms with E-state index in [2.05, 4.69) is 38.1 Å². The molecular weight excluding hydrogens is 1820 g/mol. The molecule has 6 aliphatic heterocycles. The highest BCUT2D eigenvalue weighted by atomic mass is 32.1. The van der Waals surface area contributed by atoms with Gasteiger partial charge in [0.2, 0.25) is 0 Å². The standard InChI is InChI=1S/C26H35NO2S.C25H33NO2S.2C16H15NO3.2C16H15NO2S/c1-4-5-6-7-8-9-10-11-12-13-14-21-15-17-22(18-16-21)27-25(28)23-19(2)30-20(3)24(23)26(27)29;1-4-5-6-7-8-9-10-11-12-13-20-14-16-21(17-15-20)26-24(27)22-18(2)29-19(3)23(22)25(26)28;1-8-5-9(2)7-12(6-8)17-15(18)13-10(3)20-11(4)14(13)16(17)19;1-8-5-6-12(7-9(8)2)17-15(18)13-10(3)20-11(4)14(13)16(17)19;1-8-5-9(2)7-12(6-8)17-15(18)13-10(3)20-11(4)14(13)16(17)19;1-8-5-6-12(7-9(8)2)17-15(18)13-10(3)20-11(4)14(13)16(17)19/h15-18H,4-14H2,1-3H3;14-17H,4-13H2,1-3H3;4*5-7H,1-4H3. The van der Waals surface area contributed by atoms with E-state index in [1.54, 1.807) is 33.8 Å². The molecule has 6 aliphatic rings. The molecule has 0 atom stereocenters. The van der Waals surface area contributed by atoms with Gasteiger partial charge >= 0.3 is 0 Å². The number of nitrogens with zero attached hydrogens (tertiary/aromatic N) is 6. The molecule has 0 fully saturated rings. The third kappa shape index (κ3) is 21.8. The Balaban J connectivity index is 0.000000142. The van der Waals surface area contributed by atoms with Gasteiger partial charge < -0.3 is 8.83 Å². The van der Waals surface area contributed by atoms with E-state index in [-0.39, 0.29) is 70.9 Å². The first kappa shape index (κ1) is 104. The lowest BCUT2D eigenvalue weighted by molar-refractivity contribution is 0.0906. The van der Waals surface area contributed by atoms with Crippen molar-refractivity contribution in [1.29, 1.82) is 0 Å². The van der Waals surface area contributed by atoms with Crippen molar-refractivity contribution in [3.05, 3.63) is 306 Å². The fourth-order valence-electron chi connectivity index (χ4n) is 19.5. The Kier molecular flexibility index (Phi) is 33.5. The summed E-state index contributed by atoms with van der Waals surface area (Å²) in [5, 5.41) is 0. The number of anilines is 6. The van der Waals surface area contributed by atoms with Crippen molar-refractivity contribution in [1.82, 2.24) is 0 Å². The number of hydrogen-bond acceptors (Lipinski definition) is 18. The molecule has 0 radical (unpaired) electrons. The number of unbranched alkanes of at least 4 members (excludes halogenated alkanes) is 17. The van der Waals surface area contributed by atoms with Crippen LogP contribution in [-0.4, -0.2) is 70.9 Å². The van der Waals surface area contributed by atoms with Gasteiger partial charge in [-0.3, -0.25) is 57.5 Å². The summed E-state index contributed by atoms with van der Waals surface area (Å²) in [5.74, 6) is -0.719. The summed E-state index contributed by atoms with van der Waals surface area (Å²) in [6, 6.07) is 38.6. The minimum Gasteiger partial charge on any atom is -0.465 e. The first-order valence-electron chi connectivity index (χ1n) is 48.6. The van der Waals surface area contributed by atoms with Crippen LogP contribution in [-0.2, 0) is 12.8 Å². The van der Waals surface area contributed by atoms with Crippen molar-refractivity contribution >= 4 is 150 Å². The van der Waals surface area contributed by atoms with E-state index in [4.69, 9.17) is 8.83 Å². The Labute approximate surface area is 833 Å². The number of amides is 12. The summed E-state index contributed by atoms with van der Waals surface area (Å²) in [5.41, 5.74) is 21.3. The van der Waals surface area contributed by atoms with Crippen LogP contribution in [0.25, 0.3) is 0 Å². The van der Waals surface area contributed by atoms with E-state index >= 15 is 0 Å². The number of rotatable bonds is 27. The maximum Gasteiger partial charge on any atom is 0.269 e. The molecular formula is C115H128N6O14S4. The quantitative estimate of drug-likeness (QED) is 0.0343. The van der Waals surface area contributed by atoms with Gasteiger partial charge in [-0.05, 0) is 293 Å². The molecule has 6 aromatic heterocycles. The highest BCUT2D eigenvalue weighted by molar-refractivity contribution is 7.14. The summed E-state index contributed by atoms with van der Waals surface area (Å²) in [4.78, 5) is 167. The molecule has 726 valence electrons. The highest BCUT2D eigenvalue weighted by Crippen LogP contribution is 2.44. The van der Waals surface area contributed by atoms with Crippen LogP contribution in [0.2, 0.25) is 0 Å². The molecule has 12 amide bonds. The SMILES string of the molecule is CCCCCCCCCCCCc1ccc(N2C(=O)c3c(C)sc(C)c3C2=O)cc1.CCCCCCCCCCCc1ccc(N2C(=O)c3c(C)sc(C)c3C2=O)cc1.Cc1cc(C)cc(N2C(=O)c3c(C)oc(C)c3C2=O)c1.Cc1cc(C)cc(N2C(=O)c3c(C)sc(C)c3C2=O)c1.Cc1ccc(N2C(=O)c3c(C)oc(C)c3C2=O)cc1C.Cc1ccc(N2C(=O)c3c(C)sc(C)c3C2=O)cc1C. The molecule has 0 spiro atoms. The maximum absolute atomic E-state index is 12.8. The van der Waals surface area contributed by atoms with Crippen molar-refractivity contribution in [3.8, 4) is 0 Å². The molecule has 20 nitrogen and oxygen atoms in total. The molecule has 6 aromatic carbocycles. The van der Waals surface area contributed by atoms with Gasteiger partial charge in [0.05, 0.1) is 101 Å². The van der Waals surface area contributed by atoms with Gasteiger partial charge in [0.1, 0.15) is 23.0 Å². The van der Waals surface area contributed by atoms with Crippen LogP contribution in [0.4, 0.5) is 34.1 Å². The number of benzene rings is 6. The topological polar surface area (TPSA) is 251 Å². The van der Waals surface area contributed by atoms with Crippen LogP contribution >= 0.6 is 45.3 Å². The zero-order chi connectivity index (χ0) is 101. The number of fused-ring (bicyclic) bond motifs is 6. The van der Waals surface area contributed by atoms with E-state index in [0.29, 0.717) is 124 Å². The minimum absolute atomic E-state index is 0.181. The van der Waals surface area contributed by atoms with Crippen LogP contribution in [0.1, 0.15) is 378 Å². The second kappa shape index (κ2) is 44.8. The Morgan fingerprint density at radius 2 is 0.381 bits per heavy atom. The van der Waals surface area contributed by atoms with Crippen molar-refractivity contribution in [2.24, 2.45) is 0 Å². The zero-order valence-electron chi connectivity index (χ0n) is 84.4. The lowest BCUT2D eigenvalue weighted by Gasteiger charge is -2.16. The van der Waals surface area contributed by atoms with Crippen molar-refractivity contribution < 1.29 is 66.4 Å². The van der Waals surface area contributed by atoms with E-state index in [9.17, 15) is 57.5 Å². The van der Waals surface area contributed by atoms with Crippen LogP contribution in [0.5, 0.6) is 0 Å². The summed E-state index contributed by atoms with van der Waals surface area (Å²) in [7, 11) is 0. The normalized spacial score (nSPS) is 13.8. The Bertz CT molecular complexity index is 6320. The largest absolute Gasteiger partial charge is 0.465 e. The highest BCUT2D eigenvalue weighted by Gasteiger charge is 2.48. The van der Waals surface area contributed by atoms with Crippen LogP contribution in [0.15, 0.2) is 130 Å². The summed E-state index contributed by atoms with van der Waals surface area (Å²) in [6.07, 6.45) is 27.5. The van der Waals surface area contributed by atoms with Gasteiger partial charge in [0.15, 0.2) is 0 Å². The summed E-state index contributed by atoms with van der Waals surface area (Å²) >= 11 is 6.09. The van der Waals surface area contributed by atoms with E-state index in [1.165, 1.54) is 208 Å². The number of furan rings is 2. The summed E-state index contributed by atoms with van der Waals surface area (Å²) < 4.78 is 10.8. The van der Waals surface area contributed by atoms with E-state index in [0.717, 1.165) is 96.4 Å². The maximum atomic E-state index is 12.8. The monoisotopic (exact) mass is 1940 g/mol. The van der Waals surface area contributed by atoms with Crippen molar-refractivity contribution in [2.75, 3.05) is 29.4 Å². The second-order valence-electron chi connectivity index (χ2n) is 37.5. The summed E-state index contributed by atoms with van der Waals surface area (Å²) in [6.45, 7) is 42.4. The molecule has 139 heavy (non-hydrogen) atoms.